The second kappa shape index (κ2) is 5.23. The lowest BCUT2D eigenvalue weighted by molar-refractivity contribution is -0.141. The van der Waals surface area contributed by atoms with E-state index in [1.165, 1.54) is 11.8 Å². The summed E-state index contributed by atoms with van der Waals surface area (Å²) >= 11 is 0. The number of carbonyl (C=O) groups is 2. The van der Waals surface area contributed by atoms with Gasteiger partial charge in [0.15, 0.2) is 0 Å². The molecule has 1 unspecified atom stereocenters. The first-order valence-electron chi connectivity index (χ1n) is 4.96. The SMILES string of the molecule is CCC(C(=O)O)N(C)C(=O)Nc1nnn(C)n1. The molecule has 94 valence electrons. The van der Waals surface area contributed by atoms with E-state index in [1.807, 2.05) is 0 Å². The van der Waals surface area contributed by atoms with Crippen molar-refractivity contribution in [3.8, 4) is 0 Å². The van der Waals surface area contributed by atoms with E-state index in [1.54, 1.807) is 14.0 Å². The van der Waals surface area contributed by atoms with E-state index in [9.17, 15) is 9.59 Å². The van der Waals surface area contributed by atoms with Crippen LogP contribution >= 0.6 is 0 Å². The van der Waals surface area contributed by atoms with Gasteiger partial charge < -0.3 is 10.0 Å². The van der Waals surface area contributed by atoms with Crippen LogP contribution in [-0.2, 0) is 11.8 Å². The number of likely N-dealkylation sites (N-methyl/N-ethyl adjacent to an activating group) is 1. The molecular formula is C8H14N6O3. The minimum absolute atomic E-state index is 0.0320. The lowest BCUT2D eigenvalue weighted by atomic mass is 10.2. The number of carboxylic acids is 1. The Bertz CT molecular complexity index is 417. The molecule has 2 amide bonds. The standard InChI is InChI=1S/C8H14N6O3/c1-4-5(6(15)16)13(2)8(17)9-7-10-12-14(3)11-7/h5H,4H2,1-3H3,(H,15,16)(H,9,11,17). The molecule has 0 fully saturated rings. The largest absolute Gasteiger partial charge is 0.480 e. The van der Waals surface area contributed by atoms with Crippen LogP contribution in [0.5, 0.6) is 0 Å². The molecule has 0 radical (unpaired) electrons. The zero-order valence-electron chi connectivity index (χ0n) is 9.78. The molecule has 0 saturated carbocycles. The number of tetrazole rings is 1. The van der Waals surface area contributed by atoms with Crippen LogP contribution in [0.1, 0.15) is 13.3 Å². The molecule has 1 aromatic rings. The number of amides is 2. The highest BCUT2D eigenvalue weighted by Gasteiger charge is 2.25. The molecule has 0 aromatic carbocycles. The average Bonchev–Trinajstić information content (AvgIpc) is 2.64. The number of urea groups is 1. The van der Waals surface area contributed by atoms with Crippen LogP contribution in [0.2, 0.25) is 0 Å². The van der Waals surface area contributed by atoms with Crippen molar-refractivity contribution >= 4 is 17.9 Å². The Balaban J connectivity index is 2.66. The highest BCUT2D eigenvalue weighted by atomic mass is 16.4. The fourth-order valence-electron chi connectivity index (χ4n) is 1.27. The van der Waals surface area contributed by atoms with Crippen LogP contribution < -0.4 is 5.32 Å². The highest BCUT2D eigenvalue weighted by Crippen LogP contribution is 2.04. The van der Waals surface area contributed by atoms with Crippen molar-refractivity contribution in [2.75, 3.05) is 12.4 Å². The van der Waals surface area contributed by atoms with E-state index in [2.05, 4.69) is 20.7 Å². The van der Waals surface area contributed by atoms with E-state index in [0.717, 1.165) is 4.90 Å². The molecule has 2 N–H and O–H groups in total. The van der Waals surface area contributed by atoms with Gasteiger partial charge in [0.25, 0.3) is 5.95 Å². The zero-order valence-corrected chi connectivity index (χ0v) is 9.78. The monoisotopic (exact) mass is 242 g/mol. The van der Waals surface area contributed by atoms with Crippen molar-refractivity contribution in [2.45, 2.75) is 19.4 Å². The van der Waals surface area contributed by atoms with E-state index in [-0.39, 0.29) is 5.95 Å². The lowest BCUT2D eigenvalue weighted by Crippen LogP contribution is -2.44. The minimum atomic E-state index is -1.06. The number of aryl methyl sites for hydroxylation is 1. The second-order valence-electron chi connectivity index (χ2n) is 3.41. The third-order valence-corrected chi connectivity index (χ3v) is 2.19. The fourth-order valence-corrected chi connectivity index (χ4v) is 1.27. The summed E-state index contributed by atoms with van der Waals surface area (Å²) in [6.45, 7) is 1.68. The number of nitrogens with zero attached hydrogens (tertiary/aromatic N) is 5. The summed E-state index contributed by atoms with van der Waals surface area (Å²) in [4.78, 5) is 24.8. The van der Waals surface area contributed by atoms with Gasteiger partial charge in [-0.2, -0.15) is 4.80 Å². The minimum Gasteiger partial charge on any atom is -0.480 e. The van der Waals surface area contributed by atoms with Gasteiger partial charge in [0, 0.05) is 7.05 Å². The average molecular weight is 242 g/mol. The van der Waals surface area contributed by atoms with Gasteiger partial charge in [-0.1, -0.05) is 12.0 Å². The topological polar surface area (TPSA) is 113 Å². The summed E-state index contributed by atoms with van der Waals surface area (Å²) in [6.07, 6.45) is 0.313. The summed E-state index contributed by atoms with van der Waals surface area (Å²) in [5.74, 6) is -1.03. The van der Waals surface area contributed by atoms with Crippen LogP contribution in [0.25, 0.3) is 0 Å². The molecule has 17 heavy (non-hydrogen) atoms. The van der Waals surface area contributed by atoms with E-state index in [4.69, 9.17) is 5.11 Å². The third kappa shape index (κ3) is 3.13. The Morgan fingerprint density at radius 3 is 2.65 bits per heavy atom. The van der Waals surface area contributed by atoms with Crippen LogP contribution in [0.4, 0.5) is 10.7 Å². The first-order chi connectivity index (χ1) is 7.95. The summed E-state index contributed by atoms with van der Waals surface area (Å²) in [5.41, 5.74) is 0. The van der Waals surface area contributed by atoms with E-state index < -0.39 is 18.0 Å². The quantitative estimate of drug-likeness (QED) is 0.738. The van der Waals surface area contributed by atoms with Gasteiger partial charge in [-0.3, -0.25) is 5.32 Å². The summed E-state index contributed by atoms with van der Waals surface area (Å²) in [7, 11) is 2.95. The number of carbonyl (C=O) groups excluding carboxylic acids is 1. The summed E-state index contributed by atoms with van der Waals surface area (Å²) in [5, 5.41) is 22.1. The van der Waals surface area contributed by atoms with Gasteiger partial charge in [0.05, 0.1) is 7.05 Å². The van der Waals surface area contributed by atoms with Gasteiger partial charge in [-0.25, -0.2) is 9.59 Å². The van der Waals surface area contributed by atoms with Gasteiger partial charge in [-0.15, -0.1) is 5.10 Å². The Kier molecular flexibility index (Phi) is 3.96. The molecule has 1 aromatic heterocycles. The number of anilines is 1. The first kappa shape index (κ1) is 12.9. The molecule has 1 rings (SSSR count). The molecule has 9 heteroatoms. The Morgan fingerprint density at radius 1 is 1.59 bits per heavy atom. The molecule has 1 atom stereocenters. The molecular weight excluding hydrogens is 228 g/mol. The number of nitrogens with one attached hydrogen (secondary N) is 1. The van der Waals surface area contributed by atoms with Gasteiger partial charge >= 0.3 is 12.0 Å². The second-order valence-corrected chi connectivity index (χ2v) is 3.41. The fraction of sp³-hybridized carbons (Fsp3) is 0.625. The molecule has 0 spiro atoms. The smallest absolute Gasteiger partial charge is 0.326 e. The predicted molar refractivity (Wildman–Crippen MR) is 57.3 cm³/mol. The molecule has 0 aliphatic heterocycles. The summed E-state index contributed by atoms with van der Waals surface area (Å²) < 4.78 is 0. The van der Waals surface area contributed by atoms with Crippen LogP contribution in [-0.4, -0.2) is 55.3 Å². The van der Waals surface area contributed by atoms with Crippen molar-refractivity contribution in [1.82, 2.24) is 25.1 Å². The van der Waals surface area contributed by atoms with Crippen molar-refractivity contribution in [3.05, 3.63) is 0 Å². The maximum absolute atomic E-state index is 11.7. The predicted octanol–water partition coefficient (Wildman–Crippen LogP) is -0.463. The number of aromatic nitrogens is 4. The van der Waals surface area contributed by atoms with Crippen molar-refractivity contribution in [3.63, 3.8) is 0 Å². The Labute approximate surface area is 97.4 Å². The Morgan fingerprint density at radius 2 is 2.24 bits per heavy atom. The number of hydrogen-bond acceptors (Lipinski definition) is 5. The normalized spacial score (nSPS) is 11.9. The molecule has 1 heterocycles. The first-order valence-corrected chi connectivity index (χ1v) is 4.96. The molecule has 0 aliphatic rings. The summed E-state index contributed by atoms with van der Waals surface area (Å²) in [6, 6.07) is -1.47. The molecule has 0 aliphatic carbocycles. The number of rotatable bonds is 4. The van der Waals surface area contributed by atoms with Gasteiger partial charge in [0.1, 0.15) is 6.04 Å². The van der Waals surface area contributed by atoms with Gasteiger partial charge in [0.2, 0.25) is 0 Å². The number of hydrogen-bond donors (Lipinski definition) is 2. The lowest BCUT2D eigenvalue weighted by Gasteiger charge is -2.22. The molecule has 9 nitrogen and oxygen atoms in total. The Hall–Kier alpha value is -2.19. The molecule has 0 saturated heterocycles. The van der Waals surface area contributed by atoms with Crippen molar-refractivity contribution in [2.24, 2.45) is 7.05 Å². The number of aliphatic carboxylic acids is 1. The van der Waals surface area contributed by atoms with Crippen LogP contribution in [0, 0.1) is 0 Å². The maximum Gasteiger partial charge on any atom is 0.326 e. The third-order valence-electron chi connectivity index (χ3n) is 2.19. The zero-order chi connectivity index (χ0) is 13.0. The van der Waals surface area contributed by atoms with Crippen LogP contribution in [0.15, 0.2) is 0 Å². The van der Waals surface area contributed by atoms with Crippen molar-refractivity contribution < 1.29 is 14.7 Å². The highest BCUT2D eigenvalue weighted by molar-refractivity contribution is 5.90. The number of carboxylic acid groups (broad SMARTS) is 1. The van der Waals surface area contributed by atoms with Crippen molar-refractivity contribution in [1.29, 1.82) is 0 Å². The maximum atomic E-state index is 11.7. The van der Waals surface area contributed by atoms with E-state index >= 15 is 0 Å². The van der Waals surface area contributed by atoms with Gasteiger partial charge in [-0.05, 0) is 11.6 Å². The van der Waals surface area contributed by atoms with Crippen LogP contribution in [0.3, 0.4) is 0 Å². The molecule has 0 bridgehead atoms. The van der Waals surface area contributed by atoms with E-state index in [0.29, 0.717) is 6.42 Å².